The van der Waals surface area contributed by atoms with Crippen molar-refractivity contribution in [2.75, 3.05) is 19.8 Å². The predicted octanol–water partition coefficient (Wildman–Crippen LogP) is 3.96. The highest BCUT2D eigenvalue weighted by Gasteiger charge is 2.16. The Labute approximate surface area is 182 Å². The highest BCUT2D eigenvalue weighted by Crippen LogP contribution is 2.26. The first-order valence-corrected chi connectivity index (χ1v) is 11.1. The molecule has 0 radical (unpaired) electrons. The van der Waals surface area contributed by atoms with Gasteiger partial charge in [0.15, 0.2) is 0 Å². The molecule has 164 valence electrons. The van der Waals surface area contributed by atoms with Gasteiger partial charge in [0, 0.05) is 49.5 Å². The zero-order chi connectivity index (χ0) is 21.6. The van der Waals surface area contributed by atoms with Crippen LogP contribution in [0.3, 0.4) is 0 Å². The molecule has 8 heteroatoms. The highest BCUT2D eigenvalue weighted by molar-refractivity contribution is 6.07. The molecule has 31 heavy (non-hydrogen) atoms. The van der Waals surface area contributed by atoms with E-state index in [1.807, 2.05) is 33.9 Å². The van der Waals surface area contributed by atoms with Crippen molar-refractivity contribution in [1.82, 2.24) is 29.7 Å². The van der Waals surface area contributed by atoms with Crippen LogP contribution in [0.4, 0.5) is 0 Å². The molecule has 0 unspecified atom stereocenters. The second-order valence-electron chi connectivity index (χ2n) is 8.02. The highest BCUT2D eigenvalue weighted by atomic mass is 16.5. The van der Waals surface area contributed by atoms with E-state index in [4.69, 9.17) is 15.1 Å². The number of hydrogen-bond donors (Lipinski definition) is 2. The summed E-state index contributed by atoms with van der Waals surface area (Å²) in [5, 5.41) is 20.3. The SMILES string of the molecule is CCC(CC)n1cc(-c2nc(/C(C=N)=C/NCC3CCOCC3)cn3nccc23)cn1. The number of allylic oxidation sites excluding steroid dienone is 1. The minimum atomic E-state index is 0.379. The topological polar surface area (TPSA) is 93.1 Å². The molecule has 3 aromatic heterocycles. The molecule has 0 spiro atoms. The summed E-state index contributed by atoms with van der Waals surface area (Å²) in [6.45, 7) is 6.90. The normalized spacial score (nSPS) is 15.6. The van der Waals surface area contributed by atoms with E-state index in [-0.39, 0.29) is 0 Å². The summed E-state index contributed by atoms with van der Waals surface area (Å²) in [7, 11) is 0. The number of nitrogens with zero attached hydrogens (tertiary/aromatic N) is 5. The average molecular weight is 422 g/mol. The molecule has 0 aliphatic carbocycles. The molecule has 0 aromatic carbocycles. The maximum atomic E-state index is 7.94. The lowest BCUT2D eigenvalue weighted by molar-refractivity contribution is 0.0672. The van der Waals surface area contributed by atoms with Crippen LogP contribution in [0, 0.1) is 11.3 Å². The smallest absolute Gasteiger partial charge is 0.0999 e. The van der Waals surface area contributed by atoms with E-state index in [1.54, 1.807) is 6.20 Å². The van der Waals surface area contributed by atoms with Gasteiger partial charge in [0.1, 0.15) is 0 Å². The maximum absolute atomic E-state index is 7.94. The first kappa shape index (κ1) is 21.2. The molecule has 2 N–H and O–H groups in total. The van der Waals surface area contributed by atoms with Crippen molar-refractivity contribution in [3.05, 3.63) is 42.7 Å². The molecule has 4 rings (SSSR count). The minimum absolute atomic E-state index is 0.379. The van der Waals surface area contributed by atoms with Gasteiger partial charge < -0.3 is 15.5 Å². The number of rotatable bonds is 9. The summed E-state index contributed by atoms with van der Waals surface area (Å²) >= 11 is 0. The third-order valence-corrected chi connectivity index (χ3v) is 6.04. The Hall–Kier alpha value is -3.00. The number of ether oxygens (including phenoxy) is 1. The lowest BCUT2D eigenvalue weighted by Crippen LogP contribution is -2.25. The van der Waals surface area contributed by atoms with E-state index >= 15 is 0 Å². The van der Waals surface area contributed by atoms with E-state index in [1.165, 1.54) is 6.21 Å². The Bertz CT molecular complexity index is 1040. The van der Waals surface area contributed by atoms with Gasteiger partial charge in [0.25, 0.3) is 0 Å². The second-order valence-corrected chi connectivity index (χ2v) is 8.02. The zero-order valence-electron chi connectivity index (χ0n) is 18.3. The van der Waals surface area contributed by atoms with Gasteiger partial charge >= 0.3 is 0 Å². The van der Waals surface area contributed by atoms with Crippen molar-refractivity contribution < 1.29 is 4.74 Å². The molecule has 3 aromatic rings. The van der Waals surface area contributed by atoms with Crippen LogP contribution in [0.15, 0.2) is 37.1 Å². The average Bonchev–Trinajstić information content (AvgIpc) is 3.48. The number of hydrogen-bond acceptors (Lipinski definition) is 6. The molecule has 0 saturated carbocycles. The number of nitrogens with one attached hydrogen (secondary N) is 2. The quantitative estimate of drug-likeness (QED) is 0.510. The predicted molar refractivity (Wildman–Crippen MR) is 122 cm³/mol. The maximum Gasteiger partial charge on any atom is 0.0999 e. The summed E-state index contributed by atoms with van der Waals surface area (Å²) in [6.07, 6.45) is 15.0. The molecular formula is C23H31N7O. The van der Waals surface area contributed by atoms with Crippen LogP contribution in [-0.4, -0.2) is 50.4 Å². The first-order valence-electron chi connectivity index (χ1n) is 11.1. The summed E-state index contributed by atoms with van der Waals surface area (Å²) in [4.78, 5) is 4.91. The Balaban J connectivity index is 1.63. The van der Waals surface area contributed by atoms with Crippen LogP contribution in [0.25, 0.3) is 22.3 Å². The fourth-order valence-corrected chi connectivity index (χ4v) is 4.08. The summed E-state index contributed by atoms with van der Waals surface area (Å²) in [5.41, 5.74) is 4.13. The van der Waals surface area contributed by atoms with Crippen molar-refractivity contribution in [1.29, 1.82) is 5.41 Å². The molecule has 1 fully saturated rings. The first-order chi connectivity index (χ1) is 15.2. The Kier molecular flexibility index (Phi) is 6.76. The standard InChI is InChI=1S/C23H31N7O/c1-3-20(4-2)29-15-19(14-27-29)23-22-5-8-26-30(22)16-21(28-23)18(11-24)13-25-12-17-6-9-31-10-7-17/h5,8,11,13-17,20,24-25H,3-4,6-7,9-10,12H2,1-2H3/b18-13+,24-11?. The Morgan fingerprint density at radius 1 is 1.26 bits per heavy atom. The van der Waals surface area contributed by atoms with Crippen molar-refractivity contribution in [3.8, 4) is 11.3 Å². The van der Waals surface area contributed by atoms with Gasteiger partial charge in [0.2, 0.25) is 0 Å². The summed E-state index contributed by atoms with van der Waals surface area (Å²) in [6, 6.07) is 2.34. The van der Waals surface area contributed by atoms with Crippen molar-refractivity contribution in [2.24, 2.45) is 5.92 Å². The largest absolute Gasteiger partial charge is 0.390 e. The van der Waals surface area contributed by atoms with E-state index in [0.29, 0.717) is 17.7 Å². The number of fused-ring (bicyclic) bond motifs is 1. The molecule has 1 aliphatic heterocycles. The van der Waals surface area contributed by atoms with Gasteiger partial charge in [-0.05, 0) is 37.7 Å². The molecule has 1 saturated heterocycles. The Morgan fingerprint density at radius 2 is 2.06 bits per heavy atom. The van der Waals surface area contributed by atoms with Crippen molar-refractivity contribution in [2.45, 2.75) is 45.6 Å². The van der Waals surface area contributed by atoms with Gasteiger partial charge in [0.05, 0.1) is 41.5 Å². The fraction of sp³-hybridized carbons (Fsp3) is 0.478. The lowest BCUT2D eigenvalue weighted by atomic mass is 10.0. The summed E-state index contributed by atoms with van der Waals surface area (Å²) in [5.74, 6) is 0.602. The van der Waals surface area contributed by atoms with E-state index in [0.717, 1.165) is 67.8 Å². The summed E-state index contributed by atoms with van der Waals surface area (Å²) < 4.78 is 9.28. The van der Waals surface area contributed by atoms with Crippen molar-refractivity contribution in [3.63, 3.8) is 0 Å². The van der Waals surface area contributed by atoms with E-state index < -0.39 is 0 Å². The monoisotopic (exact) mass is 421 g/mol. The molecule has 1 aliphatic rings. The van der Waals surface area contributed by atoms with Crippen LogP contribution < -0.4 is 5.32 Å². The number of aromatic nitrogens is 5. The van der Waals surface area contributed by atoms with Gasteiger partial charge in [-0.1, -0.05) is 13.8 Å². The van der Waals surface area contributed by atoms with Crippen LogP contribution in [0.2, 0.25) is 0 Å². The Morgan fingerprint density at radius 3 is 2.81 bits per heavy atom. The zero-order valence-corrected chi connectivity index (χ0v) is 18.3. The van der Waals surface area contributed by atoms with E-state index in [9.17, 15) is 0 Å². The third kappa shape index (κ3) is 4.69. The van der Waals surface area contributed by atoms with Crippen molar-refractivity contribution >= 4 is 17.3 Å². The molecular weight excluding hydrogens is 390 g/mol. The minimum Gasteiger partial charge on any atom is -0.390 e. The fourth-order valence-electron chi connectivity index (χ4n) is 4.08. The van der Waals surface area contributed by atoms with Gasteiger partial charge in [-0.25, -0.2) is 9.50 Å². The van der Waals surface area contributed by atoms with Crippen LogP contribution in [0.1, 0.15) is 51.3 Å². The molecule has 0 bridgehead atoms. The van der Waals surface area contributed by atoms with Gasteiger partial charge in [-0.2, -0.15) is 10.2 Å². The third-order valence-electron chi connectivity index (χ3n) is 6.04. The molecule has 8 nitrogen and oxygen atoms in total. The second kappa shape index (κ2) is 9.87. The molecule has 4 heterocycles. The van der Waals surface area contributed by atoms with Crippen LogP contribution in [-0.2, 0) is 4.74 Å². The van der Waals surface area contributed by atoms with E-state index in [2.05, 4.69) is 35.6 Å². The van der Waals surface area contributed by atoms with Crippen LogP contribution in [0.5, 0.6) is 0 Å². The van der Waals surface area contributed by atoms with Gasteiger partial charge in [-0.15, -0.1) is 0 Å². The van der Waals surface area contributed by atoms with Crippen LogP contribution >= 0.6 is 0 Å². The lowest BCUT2D eigenvalue weighted by Gasteiger charge is -2.21. The molecule has 0 amide bonds. The van der Waals surface area contributed by atoms with Gasteiger partial charge in [-0.3, -0.25) is 4.68 Å². The molecule has 0 atom stereocenters.